The molecule has 2 fully saturated rings. The fraction of sp³-hybridized carbons (Fsp3) is 0.478. The minimum atomic E-state index is -2.73. The molecule has 2 aliphatic rings. The van der Waals surface area contributed by atoms with E-state index in [9.17, 15) is 8.78 Å². The Hall–Kier alpha value is -3.14. The molecular weight excluding hydrogens is 428 g/mol. The summed E-state index contributed by atoms with van der Waals surface area (Å²) in [7, 11) is 0. The third-order valence-electron chi connectivity index (χ3n) is 6.66. The Morgan fingerprint density at radius 1 is 1.12 bits per heavy atom. The van der Waals surface area contributed by atoms with Gasteiger partial charge >= 0.3 is 0 Å². The Morgan fingerprint density at radius 2 is 1.94 bits per heavy atom. The topological polar surface area (TPSA) is 82.2 Å². The summed E-state index contributed by atoms with van der Waals surface area (Å²) in [4.78, 5) is 13.5. The number of pyridine rings is 1. The fourth-order valence-electron chi connectivity index (χ4n) is 4.71. The molecule has 0 atom stereocenters. The highest BCUT2D eigenvalue weighted by Crippen LogP contribution is 2.43. The first kappa shape index (κ1) is 20.5. The van der Waals surface area contributed by atoms with E-state index in [0.29, 0.717) is 18.9 Å². The first-order valence-corrected chi connectivity index (χ1v) is 11.4. The molecule has 1 saturated heterocycles. The van der Waals surface area contributed by atoms with Crippen molar-refractivity contribution in [1.82, 2.24) is 29.1 Å². The van der Waals surface area contributed by atoms with Gasteiger partial charge in [0.2, 0.25) is 5.95 Å². The van der Waals surface area contributed by atoms with Crippen LogP contribution in [-0.2, 0) is 4.74 Å². The van der Waals surface area contributed by atoms with E-state index in [2.05, 4.69) is 36.0 Å². The normalized spacial score (nSPS) is 17.8. The molecule has 0 bridgehead atoms. The number of anilines is 1. The van der Waals surface area contributed by atoms with Crippen molar-refractivity contribution >= 4 is 22.6 Å². The van der Waals surface area contributed by atoms with Crippen LogP contribution in [0.3, 0.4) is 0 Å². The summed E-state index contributed by atoms with van der Waals surface area (Å²) in [5.74, 6) is -2.11. The summed E-state index contributed by atoms with van der Waals surface area (Å²) in [5, 5.41) is 7.06. The van der Waals surface area contributed by atoms with E-state index in [-0.39, 0.29) is 5.95 Å². The molecule has 0 spiro atoms. The van der Waals surface area contributed by atoms with Gasteiger partial charge in [-0.25, -0.2) is 28.2 Å². The maximum Gasteiger partial charge on any atom is 0.267 e. The second-order valence-electron chi connectivity index (χ2n) is 8.97. The SMILES string of the molecule is Cc1nc2ncc(-c3ccn4nc(NCC(F)(F)C5CC5)ncc34)cc2n1C1CCOCC1. The summed E-state index contributed by atoms with van der Waals surface area (Å²) >= 11 is 0. The maximum atomic E-state index is 14.0. The number of ether oxygens (including phenoxy) is 1. The van der Waals surface area contributed by atoms with Crippen molar-refractivity contribution < 1.29 is 13.5 Å². The molecule has 1 aliphatic heterocycles. The van der Waals surface area contributed by atoms with E-state index in [1.807, 2.05) is 19.2 Å². The molecule has 0 aromatic carbocycles. The number of alkyl halides is 2. The third kappa shape index (κ3) is 3.72. The predicted molar refractivity (Wildman–Crippen MR) is 119 cm³/mol. The molecule has 0 radical (unpaired) electrons. The minimum absolute atomic E-state index is 0.187. The number of rotatable bonds is 6. The van der Waals surface area contributed by atoms with Gasteiger partial charge in [0.25, 0.3) is 5.92 Å². The Labute approximate surface area is 189 Å². The zero-order valence-electron chi connectivity index (χ0n) is 18.3. The molecule has 4 aromatic rings. The van der Waals surface area contributed by atoms with Crippen LogP contribution in [0.2, 0.25) is 0 Å². The lowest BCUT2D eigenvalue weighted by Crippen LogP contribution is -2.30. The average molecular weight is 453 g/mol. The molecule has 1 aliphatic carbocycles. The van der Waals surface area contributed by atoms with E-state index in [4.69, 9.17) is 4.74 Å². The number of hydrogen-bond acceptors (Lipinski definition) is 6. The van der Waals surface area contributed by atoms with Crippen molar-refractivity contribution in [3.63, 3.8) is 0 Å². The zero-order valence-corrected chi connectivity index (χ0v) is 18.3. The Bertz CT molecular complexity index is 1320. The van der Waals surface area contributed by atoms with Crippen LogP contribution in [0.15, 0.2) is 30.7 Å². The van der Waals surface area contributed by atoms with Crippen molar-refractivity contribution in [2.45, 2.75) is 44.6 Å². The van der Waals surface area contributed by atoms with Crippen molar-refractivity contribution in [2.24, 2.45) is 5.92 Å². The summed E-state index contributed by atoms with van der Waals surface area (Å²) < 4.78 is 37.4. The van der Waals surface area contributed by atoms with Crippen LogP contribution < -0.4 is 5.32 Å². The Kier molecular flexibility index (Phi) is 4.79. The summed E-state index contributed by atoms with van der Waals surface area (Å²) in [6.07, 6.45) is 8.35. The molecule has 4 aromatic heterocycles. The molecule has 33 heavy (non-hydrogen) atoms. The Morgan fingerprint density at radius 3 is 2.73 bits per heavy atom. The number of hydrogen-bond donors (Lipinski definition) is 1. The van der Waals surface area contributed by atoms with Gasteiger partial charge in [0.15, 0.2) is 5.65 Å². The molecule has 0 unspecified atom stereocenters. The molecule has 1 saturated carbocycles. The molecule has 6 rings (SSSR count). The maximum absolute atomic E-state index is 14.0. The van der Waals surface area contributed by atoms with Crippen LogP contribution in [0.5, 0.6) is 0 Å². The molecule has 8 nitrogen and oxygen atoms in total. The van der Waals surface area contributed by atoms with Gasteiger partial charge in [0, 0.05) is 48.7 Å². The summed E-state index contributed by atoms with van der Waals surface area (Å²) in [6.45, 7) is 3.07. The van der Waals surface area contributed by atoms with Crippen molar-refractivity contribution in [1.29, 1.82) is 0 Å². The molecule has 172 valence electrons. The molecule has 10 heteroatoms. The average Bonchev–Trinajstić information content (AvgIpc) is 3.53. The van der Waals surface area contributed by atoms with Crippen molar-refractivity contribution in [2.75, 3.05) is 25.1 Å². The van der Waals surface area contributed by atoms with Gasteiger partial charge in [0.05, 0.1) is 23.8 Å². The second-order valence-corrected chi connectivity index (χ2v) is 8.97. The van der Waals surface area contributed by atoms with Gasteiger partial charge in [-0.1, -0.05) is 0 Å². The van der Waals surface area contributed by atoms with Gasteiger partial charge < -0.3 is 14.6 Å². The van der Waals surface area contributed by atoms with Crippen LogP contribution in [0.1, 0.15) is 37.5 Å². The third-order valence-corrected chi connectivity index (χ3v) is 6.66. The van der Waals surface area contributed by atoms with Crippen LogP contribution in [0, 0.1) is 12.8 Å². The van der Waals surface area contributed by atoms with Gasteiger partial charge in [-0.3, -0.25) is 0 Å². The summed E-state index contributed by atoms with van der Waals surface area (Å²) in [5.41, 5.74) is 4.37. The highest BCUT2D eigenvalue weighted by atomic mass is 19.3. The van der Waals surface area contributed by atoms with Crippen molar-refractivity contribution in [3.8, 4) is 11.1 Å². The second kappa shape index (κ2) is 7.72. The van der Waals surface area contributed by atoms with Gasteiger partial charge in [-0.2, -0.15) is 0 Å². The first-order valence-electron chi connectivity index (χ1n) is 11.4. The number of imidazole rings is 1. The standard InChI is InChI=1S/C23H25F2N7O/c1-14-29-21-19(32(14)17-5-8-33-9-6-17)10-15(11-26-21)18-4-7-31-20(18)12-27-22(30-31)28-13-23(24,25)16-2-3-16/h4,7,10-12,16-17H,2-3,5-6,8-9,13H2,1H3,(H,28,30). The lowest BCUT2D eigenvalue weighted by atomic mass is 10.1. The monoisotopic (exact) mass is 453 g/mol. The lowest BCUT2D eigenvalue weighted by Gasteiger charge is -2.25. The Balaban J connectivity index is 1.31. The van der Waals surface area contributed by atoms with Crippen LogP contribution in [0.4, 0.5) is 14.7 Å². The van der Waals surface area contributed by atoms with Crippen LogP contribution in [0.25, 0.3) is 27.8 Å². The molecular formula is C23H25F2N7O. The first-order chi connectivity index (χ1) is 16.0. The summed E-state index contributed by atoms with van der Waals surface area (Å²) in [6, 6.07) is 4.39. The van der Waals surface area contributed by atoms with Gasteiger partial charge in [-0.15, -0.1) is 5.10 Å². The largest absolute Gasteiger partial charge is 0.381 e. The molecule has 0 amide bonds. The molecule has 1 N–H and O–H groups in total. The zero-order chi connectivity index (χ0) is 22.6. The lowest BCUT2D eigenvalue weighted by molar-refractivity contribution is -0.00834. The van der Waals surface area contributed by atoms with Crippen LogP contribution >= 0.6 is 0 Å². The van der Waals surface area contributed by atoms with E-state index in [1.54, 1.807) is 16.9 Å². The predicted octanol–water partition coefficient (Wildman–Crippen LogP) is 4.26. The van der Waals surface area contributed by atoms with E-state index >= 15 is 0 Å². The van der Waals surface area contributed by atoms with Gasteiger partial charge in [-0.05, 0) is 44.7 Å². The van der Waals surface area contributed by atoms with E-state index in [1.165, 1.54) is 0 Å². The van der Waals surface area contributed by atoms with Crippen LogP contribution in [-0.4, -0.2) is 54.8 Å². The molecule has 5 heterocycles. The number of aromatic nitrogens is 6. The number of halogens is 2. The number of aryl methyl sites for hydroxylation is 1. The van der Waals surface area contributed by atoms with E-state index in [0.717, 1.165) is 59.7 Å². The minimum Gasteiger partial charge on any atom is -0.381 e. The number of nitrogens with one attached hydrogen (secondary N) is 1. The fourth-order valence-corrected chi connectivity index (χ4v) is 4.71. The van der Waals surface area contributed by atoms with Crippen molar-refractivity contribution in [3.05, 3.63) is 36.5 Å². The smallest absolute Gasteiger partial charge is 0.267 e. The van der Waals surface area contributed by atoms with Gasteiger partial charge in [0.1, 0.15) is 5.82 Å². The number of nitrogens with zero attached hydrogens (tertiary/aromatic N) is 6. The highest BCUT2D eigenvalue weighted by Gasteiger charge is 2.46. The van der Waals surface area contributed by atoms with E-state index < -0.39 is 18.4 Å². The quantitative estimate of drug-likeness (QED) is 0.470. The number of fused-ring (bicyclic) bond motifs is 2. The highest BCUT2D eigenvalue weighted by molar-refractivity contribution is 5.85.